The number of fused-ring (bicyclic) bond motifs is 2. The lowest BCUT2D eigenvalue weighted by molar-refractivity contribution is -0.124. The summed E-state index contributed by atoms with van der Waals surface area (Å²) in [5, 5.41) is 13.0. The van der Waals surface area contributed by atoms with Crippen molar-refractivity contribution in [2.75, 3.05) is 65.1 Å². The van der Waals surface area contributed by atoms with E-state index in [0.717, 1.165) is 47.0 Å². The fourth-order valence-corrected chi connectivity index (χ4v) is 5.97. The van der Waals surface area contributed by atoms with Crippen molar-refractivity contribution in [2.24, 2.45) is 0 Å². The van der Waals surface area contributed by atoms with Crippen LogP contribution in [-0.4, -0.2) is 51.1 Å². The molecule has 0 saturated carbocycles. The predicted octanol–water partition coefficient (Wildman–Crippen LogP) is 6.18. The molecular weight excluding hydrogens is 576 g/mol. The van der Waals surface area contributed by atoms with Crippen molar-refractivity contribution in [2.45, 2.75) is 32.7 Å². The number of nitrogens with zero attached hydrogens (tertiary/aromatic N) is 2. The Hall–Kier alpha value is -5.18. The van der Waals surface area contributed by atoms with Crippen molar-refractivity contribution >= 4 is 40.3 Å². The van der Waals surface area contributed by atoms with Crippen LogP contribution in [0, 0.1) is 6.92 Å². The Balaban J connectivity index is 1.03. The number of hydrogen-bond donors (Lipinski definition) is 4. The monoisotopic (exact) mass is 618 g/mol. The van der Waals surface area contributed by atoms with Gasteiger partial charge in [-0.25, -0.2) is 0 Å². The zero-order valence-electron chi connectivity index (χ0n) is 26.4. The number of piperidine rings is 1. The van der Waals surface area contributed by atoms with E-state index >= 15 is 0 Å². The zero-order chi connectivity index (χ0) is 31.7. The average Bonchev–Trinajstić information content (AvgIpc) is 3.39. The maximum absolute atomic E-state index is 13.4. The number of benzene rings is 3. The van der Waals surface area contributed by atoms with Gasteiger partial charge in [0.15, 0.2) is 6.61 Å². The largest absolute Gasteiger partial charge is 0.484 e. The van der Waals surface area contributed by atoms with Crippen LogP contribution in [0.25, 0.3) is 0 Å². The molecule has 4 N–H and O–H groups in total. The lowest BCUT2D eigenvalue weighted by Gasteiger charge is -2.29. The van der Waals surface area contributed by atoms with Crippen LogP contribution in [0.2, 0.25) is 0 Å². The van der Waals surface area contributed by atoms with Gasteiger partial charge >= 0.3 is 0 Å². The molecule has 1 saturated heterocycles. The van der Waals surface area contributed by atoms with E-state index < -0.39 is 0 Å². The summed E-state index contributed by atoms with van der Waals surface area (Å²) >= 11 is 0. The van der Waals surface area contributed by atoms with Crippen molar-refractivity contribution in [1.29, 1.82) is 0 Å². The van der Waals surface area contributed by atoms with Crippen LogP contribution in [0.1, 0.15) is 40.7 Å². The minimum absolute atomic E-state index is 0.0297. The minimum Gasteiger partial charge on any atom is -0.484 e. The maximum Gasteiger partial charge on any atom is 0.258 e. The van der Waals surface area contributed by atoms with Gasteiger partial charge in [0, 0.05) is 61.5 Å². The van der Waals surface area contributed by atoms with Gasteiger partial charge in [-0.1, -0.05) is 24.3 Å². The van der Waals surface area contributed by atoms with Gasteiger partial charge < -0.3 is 35.8 Å². The predicted molar refractivity (Wildman–Crippen MR) is 187 cm³/mol. The summed E-state index contributed by atoms with van der Waals surface area (Å²) in [5.74, 6) is 0.399. The number of aryl methyl sites for hydroxylation is 1. The van der Waals surface area contributed by atoms with Crippen LogP contribution in [0.3, 0.4) is 0 Å². The van der Waals surface area contributed by atoms with Crippen LogP contribution in [-0.2, 0) is 16.1 Å². The third kappa shape index (κ3) is 7.72. The molecule has 3 aromatic carbocycles. The fourth-order valence-electron chi connectivity index (χ4n) is 5.97. The van der Waals surface area contributed by atoms with E-state index in [1.165, 1.54) is 30.5 Å². The summed E-state index contributed by atoms with van der Waals surface area (Å²) in [5.41, 5.74) is 7.87. The molecule has 3 heterocycles. The molecule has 0 radical (unpaired) electrons. The van der Waals surface area contributed by atoms with Gasteiger partial charge in [-0.05, 0) is 98.0 Å². The normalized spacial score (nSPS) is 16.6. The highest BCUT2D eigenvalue weighted by Crippen LogP contribution is 2.35. The smallest absolute Gasteiger partial charge is 0.258 e. The molecule has 0 aliphatic carbocycles. The van der Waals surface area contributed by atoms with Gasteiger partial charge in [0.2, 0.25) is 0 Å². The molecule has 0 aromatic heterocycles. The Kier molecular flexibility index (Phi) is 9.87. The third-order valence-electron chi connectivity index (χ3n) is 8.39. The molecule has 3 aliphatic rings. The first-order valence-electron chi connectivity index (χ1n) is 16.1. The summed E-state index contributed by atoms with van der Waals surface area (Å²) < 4.78 is 5.80. The van der Waals surface area contributed by atoms with Gasteiger partial charge in [0.25, 0.3) is 11.8 Å². The van der Waals surface area contributed by atoms with Crippen LogP contribution in [0.15, 0.2) is 96.9 Å². The first kappa shape index (κ1) is 30.8. The standard InChI is InChI=1S/C37H42N6O3/c1-27-8-7-9-29(22-27)38-18-19-41-36(44)26-46-32-10-3-4-16-39-35-24-31(12-14-34(35)40-17-15-32)43-25-28-23-30(11-13-33(28)37(43)45)42-20-5-2-6-21-42/h3-4,7-15,17,22-24,38-40H,2,5-6,16,18-21,25-26H2,1H3,(H,41,44)/b4-3+,17-15?,32-10?. The Morgan fingerprint density at radius 2 is 1.83 bits per heavy atom. The summed E-state index contributed by atoms with van der Waals surface area (Å²) in [7, 11) is 0. The number of carbonyl (C=O) groups excluding carboxylic acids is 2. The van der Waals surface area contributed by atoms with E-state index in [0.29, 0.717) is 31.9 Å². The first-order valence-corrected chi connectivity index (χ1v) is 16.1. The minimum atomic E-state index is -0.188. The number of nitrogens with one attached hydrogen (secondary N) is 4. The number of amides is 2. The molecule has 238 valence electrons. The Bertz CT molecular complexity index is 1660. The SMILES string of the molecule is Cc1cccc(NCCNC(=O)COC2=C/C=C/CNc3cc(N4Cc5cc(N6CCCCC6)ccc5C4=O)ccc3NC=C2)c1. The summed E-state index contributed by atoms with van der Waals surface area (Å²) in [6.07, 6.45) is 13.0. The van der Waals surface area contributed by atoms with Gasteiger partial charge in [-0.2, -0.15) is 0 Å². The molecule has 9 nitrogen and oxygen atoms in total. The van der Waals surface area contributed by atoms with Crippen molar-refractivity contribution < 1.29 is 14.3 Å². The molecule has 0 spiro atoms. The highest BCUT2D eigenvalue weighted by molar-refractivity contribution is 6.10. The molecular formula is C37H42N6O3. The Morgan fingerprint density at radius 3 is 2.70 bits per heavy atom. The van der Waals surface area contributed by atoms with E-state index in [1.807, 2.05) is 72.5 Å². The van der Waals surface area contributed by atoms with Crippen LogP contribution in [0.4, 0.5) is 28.4 Å². The van der Waals surface area contributed by atoms with E-state index in [1.54, 1.807) is 12.3 Å². The van der Waals surface area contributed by atoms with Gasteiger partial charge in [-0.3, -0.25) is 9.59 Å². The summed E-state index contributed by atoms with van der Waals surface area (Å²) in [6.45, 7) is 6.36. The molecule has 9 heteroatoms. The Morgan fingerprint density at radius 1 is 0.957 bits per heavy atom. The second kappa shape index (κ2) is 14.7. The zero-order valence-corrected chi connectivity index (χ0v) is 26.4. The van der Waals surface area contributed by atoms with E-state index in [2.05, 4.69) is 44.4 Å². The highest BCUT2D eigenvalue weighted by atomic mass is 16.5. The maximum atomic E-state index is 13.4. The Labute approximate surface area is 271 Å². The van der Waals surface area contributed by atoms with Gasteiger partial charge in [0.1, 0.15) is 5.76 Å². The van der Waals surface area contributed by atoms with E-state index in [4.69, 9.17) is 4.74 Å². The number of allylic oxidation sites excluding steroid dienone is 3. The van der Waals surface area contributed by atoms with Crippen molar-refractivity contribution in [3.63, 3.8) is 0 Å². The van der Waals surface area contributed by atoms with Crippen LogP contribution >= 0.6 is 0 Å². The molecule has 3 aliphatic heterocycles. The van der Waals surface area contributed by atoms with Crippen LogP contribution < -0.4 is 31.1 Å². The topological polar surface area (TPSA) is 98.0 Å². The third-order valence-corrected chi connectivity index (χ3v) is 8.39. The van der Waals surface area contributed by atoms with Gasteiger partial charge in [-0.15, -0.1) is 0 Å². The quantitative estimate of drug-likeness (QED) is 0.213. The van der Waals surface area contributed by atoms with E-state index in [9.17, 15) is 9.59 Å². The van der Waals surface area contributed by atoms with Crippen molar-refractivity contribution in [3.05, 3.63) is 114 Å². The fraction of sp³-hybridized carbons (Fsp3) is 0.297. The lowest BCUT2D eigenvalue weighted by atomic mass is 10.1. The number of anilines is 5. The molecule has 0 atom stereocenters. The summed E-state index contributed by atoms with van der Waals surface area (Å²) in [4.78, 5) is 30.1. The number of ether oxygens (including phenoxy) is 1. The molecule has 46 heavy (non-hydrogen) atoms. The second-order valence-corrected chi connectivity index (χ2v) is 11.8. The molecule has 6 rings (SSSR count). The highest BCUT2D eigenvalue weighted by Gasteiger charge is 2.29. The van der Waals surface area contributed by atoms with Crippen molar-refractivity contribution in [3.8, 4) is 0 Å². The molecule has 1 fully saturated rings. The molecule has 0 unspecified atom stereocenters. The van der Waals surface area contributed by atoms with Crippen LogP contribution in [0.5, 0.6) is 0 Å². The molecule has 0 bridgehead atoms. The first-order chi connectivity index (χ1) is 22.5. The van der Waals surface area contributed by atoms with Gasteiger partial charge in [0.05, 0.1) is 17.9 Å². The number of hydrogen-bond acceptors (Lipinski definition) is 7. The molecule has 2 amide bonds. The second-order valence-electron chi connectivity index (χ2n) is 11.8. The summed E-state index contributed by atoms with van der Waals surface area (Å²) in [6, 6.07) is 20.4. The van der Waals surface area contributed by atoms with Crippen molar-refractivity contribution in [1.82, 2.24) is 5.32 Å². The molecule has 3 aromatic rings. The van der Waals surface area contributed by atoms with E-state index in [-0.39, 0.29) is 18.4 Å². The lowest BCUT2D eigenvalue weighted by Crippen LogP contribution is -2.31. The number of carbonyl (C=O) groups is 2. The average molecular weight is 619 g/mol. The number of rotatable bonds is 9.